The smallest absolute Gasteiger partial charge is 0.323 e. The number of hydrogen-bond acceptors (Lipinski definition) is 3. The van der Waals surface area contributed by atoms with Crippen molar-refractivity contribution in [2.45, 2.75) is 65.0 Å². The van der Waals surface area contributed by atoms with Gasteiger partial charge in [-0.1, -0.05) is 13.8 Å². The monoisotopic (exact) mass is 245 g/mol. The largest absolute Gasteiger partial charge is 0.480 e. The first-order valence-corrected chi connectivity index (χ1v) is 6.58. The number of hydrogen-bond donors (Lipinski definition) is 2. The minimum Gasteiger partial charge on any atom is -0.480 e. The van der Waals surface area contributed by atoms with Crippen molar-refractivity contribution in [2.24, 2.45) is 0 Å². The SMILES string of the molecule is CCCNC(CC)(CCCOC(C)C)C(=O)O. The van der Waals surface area contributed by atoms with Gasteiger partial charge in [-0.05, 0) is 46.1 Å². The topological polar surface area (TPSA) is 58.6 Å². The van der Waals surface area contributed by atoms with Gasteiger partial charge >= 0.3 is 5.97 Å². The van der Waals surface area contributed by atoms with Gasteiger partial charge in [0.1, 0.15) is 5.54 Å². The van der Waals surface area contributed by atoms with E-state index in [1.54, 1.807) is 0 Å². The lowest BCUT2D eigenvalue weighted by atomic mass is 9.90. The highest BCUT2D eigenvalue weighted by Gasteiger charge is 2.35. The summed E-state index contributed by atoms with van der Waals surface area (Å²) >= 11 is 0. The molecule has 1 atom stereocenters. The fraction of sp³-hybridized carbons (Fsp3) is 0.923. The number of rotatable bonds is 10. The van der Waals surface area contributed by atoms with E-state index in [0.717, 1.165) is 19.4 Å². The van der Waals surface area contributed by atoms with E-state index in [-0.39, 0.29) is 6.10 Å². The summed E-state index contributed by atoms with van der Waals surface area (Å²) in [5.74, 6) is -0.752. The minimum atomic E-state index is -0.781. The van der Waals surface area contributed by atoms with Crippen molar-refractivity contribution in [1.29, 1.82) is 0 Å². The van der Waals surface area contributed by atoms with Crippen molar-refractivity contribution in [3.05, 3.63) is 0 Å². The van der Waals surface area contributed by atoms with Crippen LogP contribution in [0.3, 0.4) is 0 Å². The zero-order valence-electron chi connectivity index (χ0n) is 11.6. The van der Waals surface area contributed by atoms with Crippen LogP contribution in [0.4, 0.5) is 0 Å². The molecule has 0 bridgehead atoms. The Balaban J connectivity index is 4.22. The molecule has 0 aromatic carbocycles. The summed E-state index contributed by atoms with van der Waals surface area (Å²) in [6, 6.07) is 0. The normalized spacial score (nSPS) is 14.9. The molecule has 1 unspecified atom stereocenters. The minimum absolute atomic E-state index is 0.208. The first-order chi connectivity index (χ1) is 7.98. The Morgan fingerprint density at radius 1 is 1.41 bits per heavy atom. The van der Waals surface area contributed by atoms with Gasteiger partial charge in [0.15, 0.2) is 0 Å². The Bertz CT molecular complexity index is 219. The first kappa shape index (κ1) is 16.4. The molecule has 0 radical (unpaired) electrons. The summed E-state index contributed by atoms with van der Waals surface area (Å²) in [5, 5.41) is 12.5. The van der Waals surface area contributed by atoms with Crippen LogP contribution in [0.25, 0.3) is 0 Å². The zero-order chi connectivity index (χ0) is 13.3. The highest BCUT2D eigenvalue weighted by molar-refractivity contribution is 5.78. The third-order valence-electron chi connectivity index (χ3n) is 2.93. The molecule has 0 aliphatic carbocycles. The Kier molecular flexibility index (Phi) is 8.17. The number of carboxylic acid groups (broad SMARTS) is 1. The lowest BCUT2D eigenvalue weighted by molar-refractivity contribution is -0.145. The number of nitrogens with one attached hydrogen (secondary N) is 1. The van der Waals surface area contributed by atoms with Gasteiger partial charge in [0.05, 0.1) is 6.10 Å². The Morgan fingerprint density at radius 2 is 2.06 bits per heavy atom. The van der Waals surface area contributed by atoms with E-state index in [4.69, 9.17) is 4.74 Å². The third-order valence-corrected chi connectivity index (χ3v) is 2.93. The van der Waals surface area contributed by atoms with Crippen LogP contribution in [0.1, 0.15) is 53.4 Å². The molecular formula is C13H27NO3. The molecule has 0 saturated carbocycles. The van der Waals surface area contributed by atoms with Crippen LogP contribution < -0.4 is 5.32 Å². The second kappa shape index (κ2) is 8.48. The molecule has 0 fully saturated rings. The van der Waals surface area contributed by atoms with Crippen molar-refractivity contribution in [1.82, 2.24) is 5.32 Å². The van der Waals surface area contributed by atoms with Crippen LogP contribution in [0.2, 0.25) is 0 Å². The maximum atomic E-state index is 11.4. The van der Waals surface area contributed by atoms with Gasteiger partial charge in [-0.3, -0.25) is 4.79 Å². The number of aliphatic carboxylic acids is 1. The molecule has 0 aromatic rings. The first-order valence-electron chi connectivity index (χ1n) is 6.58. The van der Waals surface area contributed by atoms with E-state index < -0.39 is 11.5 Å². The summed E-state index contributed by atoms with van der Waals surface area (Å²) in [7, 11) is 0. The summed E-state index contributed by atoms with van der Waals surface area (Å²) in [6.45, 7) is 9.29. The van der Waals surface area contributed by atoms with E-state index in [9.17, 15) is 9.90 Å². The van der Waals surface area contributed by atoms with Crippen LogP contribution in [0.5, 0.6) is 0 Å². The number of carboxylic acids is 1. The molecule has 0 aliphatic rings. The molecule has 0 aliphatic heterocycles. The summed E-state index contributed by atoms with van der Waals surface area (Å²) < 4.78 is 5.45. The van der Waals surface area contributed by atoms with E-state index in [0.29, 0.717) is 19.4 Å². The second-order valence-corrected chi connectivity index (χ2v) is 4.69. The molecule has 0 aromatic heterocycles. The van der Waals surface area contributed by atoms with Gasteiger partial charge in [-0.15, -0.1) is 0 Å². The number of carbonyl (C=O) groups is 1. The third kappa shape index (κ3) is 6.03. The van der Waals surface area contributed by atoms with E-state index in [2.05, 4.69) is 5.32 Å². The molecule has 0 amide bonds. The predicted molar refractivity (Wildman–Crippen MR) is 69.3 cm³/mol. The van der Waals surface area contributed by atoms with Crippen LogP contribution in [0, 0.1) is 0 Å². The predicted octanol–water partition coefficient (Wildman–Crippen LogP) is 2.42. The van der Waals surface area contributed by atoms with Crippen molar-refractivity contribution in [2.75, 3.05) is 13.2 Å². The Hall–Kier alpha value is -0.610. The molecule has 4 nitrogen and oxygen atoms in total. The second-order valence-electron chi connectivity index (χ2n) is 4.69. The van der Waals surface area contributed by atoms with Crippen LogP contribution in [0.15, 0.2) is 0 Å². The lowest BCUT2D eigenvalue weighted by Gasteiger charge is -2.29. The Labute approximate surface area is 105 Å². The van der Waals surface area contributed by atoms with Crippen LogP contribution >= 0.6 is 0 Å². The fourth-order valence-corrected chi connectivity index (χ4v) is 1.78. The molecule has 17 heavy (non-hydrogen) atoms. The highest BCUT2D eigenvalue weighted by atomic mass is 16.5. The van der Waals surface area contributed by atoms with Gasteiger partial charge in [-0.25, -0.2) is 0 Å². The summed E-state index contributed by atoms with van der Waals surface area (Å²) in [5.41, 5.74) is -0.781. The summed E-state index contributed by atoms with van der Waals surface area (Å²) in [4.78, 5) is 11.4. The maximum absolute atomic E-state index is 11.4. The molecule has 0 heterocycles. The van der Waals surface area contributed by atoms with E-state index in [1.165, 1.54) is 0 Å². The van der Waals surface area contributed by atoms with Gasteiger partial charge in [0.25, 0.3) is 0 Å². The standard InChI is InChI=1S/C13H27NO3/c1-5-9-14-13(6-2,12(15)16)8-7-10-17-11(3)4/h11,14H,5-10H2,1-4H3,(H,15,16). The van der Waals surface area contributed by atoms with Gasteiger partial charge in [0, 0.05) is 6.61 Å². The molecule has 2 N–H and O–H groups in total. The highest BCUT2D eigenvalue weighted by Crippen LogP contribution is 2.18. The van der Waals surface area contributed by atoms with Crippen molar-refractivity contribution in [3.63, 3.8) is 0 Å². The van der Waals surface area contributed by atoms with E-state index >= 15 is 0 Å². The molecule has 0 saturated heterocycles. The molecule has 102 valence electrons. The lowest BCUT2D eigenvalue weighted by Crippen LogP contribution is -2.52. The van der Waals surface area contributed by atoms with Crippen LogP contribution in [-0.2, 0) is 9.53 Å². The van der Waals surface area contributed by atoms with Gasteiger partial charge < -0.3 is 15.2 Å². The fourth-order valence-electron chi connectivity index (χ4n) is 1.78. The summed E-state index contributed by atoms with van der Waals surface area (Å²) in [6.07, 6.45) is 3.14. The van der Waals surface area contributed by atoms with Gasteiger partial charge in [-0.2, -0.15) is 0 Å². The average Bonchev–Trinajstić information content (AvgIpc) is 2.28. The molecule has 4 heteroatoms. The van der Waals surface area contributed by atoms with Crippen molar-refractivity contribution in [3.8, 4) is 0 Å². The van der Waals surface area contributed by atoms with E-state index in [1.807, 2.05) is 27.7 Å². The molecule has 0 spiro atoms. The maximum Gasteiger partial charge on any atom is 0.323 e. The zero-order valence-corrected chi connectivity index (χ0v) is 11.6. The average molecular weight is 245 g/mol. The quantitative estimate of drug-likeness (QED) is 0.580. The van der Waals surface area contributed by atoms with Crippen LogP contribution in [-0.4, -0.2) is 35.9 Å². The molecule has 0 rings (SSSR count). The van der Waals surface area contributed by atoms with Gasteiger partial charge in [0.2, 0.25) is 0 Å². The van der Waals surface area contributed by atoms with Crippen molar-refractivity contribution < 1.29 is 14.6 Å². The van der Waals surface area contributed by atoms with Crippen molar-refractivity contribution >= 4 is 5.97 Å². The molecular weight excluding hydrogens is 218 g/mol. The Morgan fingerprint density at radius 3 is 2.47 bits per heavy atom. The number of ether oxygens (including phenoxy) is 1.